The van der Waals surface area contributed by atoms with Crippen molar-refractivity contribution in [2.45, 2.75) is 20.8 Å². The Labute approximate surface area is 200 Å². The maximum absolute atomic E-state index is 4.66. The van der Waals surface area contributed by atoms with Crippen LogP contribution in [-0.4, -0.2) is 36.6 Å². The topological polar surface area (TPSA) is 83.1 Å². The lowest BCUT2D eigenvalue weighted by atomic mass is 10.1. The van der Waals surface area contributed by atoms with E-state index < -0.39 is 0 Å². The molecular weight excluding hydrogens is 428 g/mol. The summed E-state index contributed by atoms with van der Waals surface area (Å²) in [6, 6.07) is 26.0. The maximum atomic E-state index is 4.66. The molecule has 0 aliphatic rings. The Morgan fingerprint density at radius 2 is 0.970 bits per heavy atom. The predicted octanol–water partition coefficient (Wildman–Crippen LogP) is 6.47. The molecule has 5 aromatic rings. The number of nitrogens with one attached hydrogen (secondary N) is 2. The molecule has 0 fully saturated rings. The number of aromatic amines is 2. The van der Waals surface area contributed by atoms with Gasteiger partial charge >= 0.3 is 0 Å². The van der Waals surface area contributed by atoms with Gasteiger partial charge in [-0.25, -0.2) is 9.97 Å². The molecule has 5 rings (SSSR count). The van der Waals surface area contributed by atoms with E-state index in [1.165, 1.54) is 0 Å². The van der Waals surface area contributed by atoms with E-state index in [1.807, 2.05) is 87.5 Å². The van der Waals surface area contributed by atoms with Crippen LogP contribution < -0.4 is 0 Å². The summed E-state index contributed by atoms with van der Waals surface area (Å²) < 4.78 is 0. The summed E-state index contributed by atoms with van der Waals surface area (Å²) in [5.74, 6) is 2.78. The van der Waals surface area contributed by atoms with Crippen LogP contribution in [0, 0.1) is 6.92 Å². The molecule has 2 N–H and O–H groups in total. The van der Waals surface area contributed by atoms with Gasteiger partial charge in [0.15, 0.2) is 23.3 Å². The molecule has 0 aliphatic carbocycles. The second-order valence-corrected chi connectivity index (χ2v) is 6.84. The number of hydrogen-bond acceptors (Lipinski definition) is 5. The minimum absolute atomic E-state index is 0.646. The third-order valence-corrected chi connectivity index (χ3v) is 4.66. The van der Waals surface area contributed by atoms with Crippen molar-refractivity contribution in [3.05, 3.63) is 84.4 Å². The predicted molar refractivity (Wildman–Crippen MR) is 139 cm³/mol. The molecule has 0 atom stereocenters. The van der Waals surface area contributed by atoms with E-state index in [1.54, 1.807) is 6.26 Å². The molecule has 0 saturated carbocycles. The van der Waals surface area contributed by atoms with Crippen molar-refractivity contribution in [3.8, 4) is 45.6 Å². The van der Waals surface area contributed by atoms with Gasteiger partial charge in [-0.05, 0) is 36.9 Å². The van der Waals surface area contributed by atoms with Crippen molar-refractivity contribution in [1.29, 1.82) is 0 Å². The van der Waals surface area contributed by atoms with Crippen LogP contribution in [0.5, 0.6) is 0 Å². The van der Waals surface area contributed by atoms with Gasteiger partial charge in [-0.2, -0.15) is 22.8 Å². The highest BCUT2D eigenvalue weighted by Crippen LogP contribution is 2.27. The number of thiol groups is 1. The lowest BCUT2D eigenvalue weighted by Crippen LogP contribution is -1.88. The third kappa shape index (κ3) is 5.75. The second kappa shape index (κ2) is 11.8. The lowest BCUT2D eigenvalue weighted by molar-refractivity contribution is 1.09. The normalized spacial score (nSPS) is 9.97. The Morgan fingerprint density at radius 1 is 0.576 bits per heavy atom. The summed E-state index contributed by atoms with van der Waals surface area (Å²) in [7, 11) is 0. The van der Waals surface area contributed by atoms with Crippen molar-refractivity contribution in [2.24, 2.45) is 0 Å². The number of nitrogens with zero attached hydrogens (tertiary/aromatic N) is 4. The molecular formula is C26H28N6S. The molecule has 0 spiro atoms. The van der Waals surface area contributed by atoms with Gasteiger partial charge in [-0.3, -0.25) is 10.2 Å². The van der Waals surface area contributed by atoms with Gasteiger partial charge in [0.05, 0.1) is 0 Å². The molecule has 2 aromatic heterocycles. The molecule has 0 amide bonds. The number of benzene rings is 3. The van der Waals surface area contributed by atoms with Crippen molar-refractivity contribution in [2.75, 3.05) is 6.26 Å². The summed E-state index contributed by atoms with van der Waals surface area (Å²) >= 11 is 3.53. The Bertz CT molecular complexity index is 1170. The van der Waals surface area contributed by atoms with Crippen molar-refractivity contribution in [1.82, 2.24) is 30.4 Å². The summed E-state index contributed by atoms with van der Waals surface area (Å²) in [4.78, 5) is 9.33. The van der Waals surface area contributed by atoms with Crippen LogP contribution in [0.3, 0.4) is 0 Å². The average molecular weight is 457 g/mol. The van der Waals surface area contributed by atoms with Crippen LogP contribution in [0.15, 0.2) is 78.9 Å². The maximum Gasteiger partial charge on any atom is 0.181 e. The van der Waals surface area contributed by atoms with Crippen LogP contribution in [0.2, 0.25) is 0 Å². The van der Waals surface area contributed by atoms with Gasteiger partial charge in [0.25, 0.3) is 0 Å². The quantitative estimate of drug-likeness (QED) is 0.271. The van der Waals surface area contributed by atoms with E-state index in [0.29, 0.717) is 11.6 Å². The Hall–Kier alpha value is -3.71. The highest BCUT2D eigenvalue weighted by Gasteiger charge is 2.13. The van der Waals surface area contributed by atoms with Gasteiger partial charge in [0.2, 0.25) is 0 Å². The fourth-order valence-corrected chi connectivity index (χ4v) is 3.27. The van der Waals surface area contributed by atoms with E-state index in [0.717, 1.165) is 39.5 Å². The van der Waals surface area contributed by atoms with E-state index in [9.17, 15) is 0 Å². The monoisotopic (exact) mass is 456 g/mol. The second-order valence-electron chi connectivity index (χ2n) is 6.84. The van der Waals surface area contributed by atoms with Gasteiger partial charge in [-0.1, -0.05) is 74.5 Å². The molecule has 0 radical (unpaired) electrons. The first-order valence-corrected chi connectivity index (χ1v) is 11.7. The molecule has 2 heterocycles. The van der Waals surface area contributed by atoms with E-state index in [4.69, 9.17) is 0 Å². The first-order valence-electron chi connectivity index (χ1n) is 10.8. The largest absolute Gasteiger partial charge is 0.259 e. The zero-order valence-corrected chi connectivity index (χ0v) is 20.1. The third-order valence-electron chi connectivity index (χ3n) is 4.66. The van der Waals surface area contributed by atoms with Crippen molar-refractivity contribution in [3.63, 3.8) is 0 Å². The number of aromatic nitrogens is 6. The van der Waals surface area contributed by atoms with E-state index in [2.05, 4.69) is 55.1 Å². The minimum Gasteiger partial charge on any atom is -0.259 e. The van der Waals surface area contributed by atoms with Crippen molar-refractivity contribution < 1.29 is 0 Å². The molecule has 168 valence electrons. The van der Waals surface area contributed by atoms with Crippen molar-refractivity contribution >= 4 is 12.6 Å². The summed E-state index contributed by atoms with van der Waals surface area (Å²) in [6.07, 6.45) is 1.69. The van der Waals surface area contributed by atoms with Crippen LogP contribution in [0.4, 0.5) is 0 Å². The molecule has 0 aliphatic heterocycles. The summed E-state index contributed by atoms with van der Waals surface area (Å²) in [5, 5.41) is 14.9. The number of rotatable bonds is 4. The molecule has 6 nitrogen and oxygen atoms in total. The first-order chi connectivity index (χ1) is 16.3. The van der Waals surface area contributed by atoms with E-state index >= 15 is 0 Å². The van der Waals surface area contributed by atoms with Crippen LogP contribution in [0.1, 0.15) is 19.4 Å². The van der Waals surface area contributed by atoms with Gasteiger partial charge in [0, 0.05) is 22.3 Å². The van der Waals surface area contributed by atoms with Gasteiger partial charge in [-0.15, -0.1) is 0 Å². The standard InChI is InChI=1S/C23H18N6.C2H6.CH4S/c1-15-12-18(22-24-20(26-28-22)16-8-4-2-5-9-16)14-19(13-15)23-25-21(27-29-23)17-10-6-3-7-11-17;2*1-2/h2-14H,1H3,(H,24,26,28)(H,25,27,29);1-2H3;2H,1H3. The molecule has 3 aromatic carbocycles. The fraction of sp³-hybridized carbons (Fsp3) is 0.154. The number of aryl methyl sites for hydroxylation is 1. The molecule has 33 heavy (non-hydrogen) atoms. The number of H-pyrrole nitrogens is 2. The zero-order valence-electron chi connectivity index (χ0n) is 19.2. The summed E-state index contributed by atoms with van der Waals surface area (Å²) in [6.45, 7) is 6.04. The molecule has 0 bridgehead atoms. The molecule has 0 unspecified atom stereocenters. The van der Waals surface area contributed by atoms with Crippen LogP contribution >= 0.6 is 12.6 Å². The fourth-order valence-electron chi connectivity index (χ4n) is 3.27. The number of hydrogen-bond donors (Lipinski definition) is 3. The SMILES string of the molecule is CC.CS.Cc1cc(-c2n[nH]c(-c3ccccc3)n2)cc(-c2n[nH]c(-c3ccccc3)n2)c1. The zero-order chi connectivity index (χ0) is 23.6. The molecule has 7 heteroatoms. The van der Waals surface area contributed by atoms with Crippen LogP contribution in [0.25, 0.3) is 45.6 Å². The first kappa shape index (κ1) is 23.9. The van der Waals surface area contributed by atoms with Gasteiger partial charge in [0.1, 0.15) is 0 Å². The Kier molecular flexibility index (Phi) is 8.55. The summed E-state index contributed by atoms with van der Waals surface area (Å²) in [5.41, 5.74) is 4.94. The minimum atomic E-state index is 0.646. The molecule has 0 saturated heterocycles. The smallest absolute Gasteiger partial charge is 0.181 e. The highest BCUT2D eigenvalue weighted by molar-refractivity contribution is 7.79. The van der Waals surface area contributed by atoms with Crippen LogP contribution in [-0.2, 0) is 0 Å². The Morgan fingerprint density at radius 3 is 1.36 bits per heavy atom. The lowest BCUT2D eigenvalue weighted by Gasteiger charge is -2.02. The highest BCUT2D eigenvalue weighted by atomic mass is 32.1. The van der Waals surface area contributed by atoms with Gasteiger partial charge < -0.3 is 0 Å². The Balaban J connectivity index is 0.000000728. The average Bonchev–Trinajstić information content (AvgIpc) is 3.58. The van der Waals surface area contributed by atoms with E-state index in [-0.39, 0.29) is 0 Å².